The number of esters is 1. The molecule has 5 heteroatoms. The number of nitrogens with zero attached hydrogens (tertiary/aromatic N) is 2. The van der Waals surface area contributed by atoms with Crippen LogP contribution in [0.15, 0.2) is 28.7 Å². The molecule has 0 bridgehead atoms. The summed E-state index contributed by atoms with van der Waals surface area (Å²) in [6.07, 6.45) is 2.05. The van der Waals surface area contributed by atoms with Crippen LogP contribution in [0.25, 0.3) is 11.5 Å². The van der Waals surface area contributed by atoms with Gasteiger partial charge in [-0.1, -0.05) is 31.0 Å². The molecule has 0 spiro atoms. The minimum atomic E-state index is -0.182. The molecule has 0 aliphatic rings. The van der Waals surface area contributed by atoms with Crippen molar-refractivity contribution in [3.05, 3.63) is 35.7 Å². The molecular weight excluding hydrogens is 268 g/mol. The molecule has 1 heterocycles. The summed E-state index contributed by atoms with van der Waals surface area (Å²) in [6, 6.07) is 7.99. The van der Waals surface area contributed by atoms with Crippen molar-refractivity contribution >= 4 is 5.97 Å². The summed E-state index contributed by atoms with van der Waals surface area (Å²) in [5, 5.41) is 7.72. The Labute approximate surface area is 125 Å². The average Bonchev–Trinajstić information content (AvgIpc) is 2.86. The number of rotatable bonds is 4. The van der Waals surface area contributed by atoms with Crippen LogP contribution in [-0.4, -0.2) is 22.8 Å². The molecule has 114 valence electrons. The van der Waals surface area contributed by atoms with Gasteiger partial charge in [-0.25, -0.2) is 0 Å². The number of carbonyl (C=O) groups is 1. The Morgan fingerprint density at radius 3 is 2.57 bits per heavy atom. The third-order valence-electron chi connectivity index (χ3n) is 2.59. The molecule has 1 aromatic heterocycles. The fourth-order valence-corrected chi connectivity index (χ4v) is 1.55. The first-order valence-corrected chi connectivity index (χ1v) is 7.03. The first-order valence-electron chi connectivity index (χ1n) is 7.03. The van der Waals surface area contributed by atoms with Crippen molar-refractivity contribution in [2.45, 2.75) is 40.5 Å². The maximum absolute atomic E-state index is 10.1. The molecule has 0 fully saturated rings. The predicted molar refractivity (Wildman–Crippen MR) is 80.7 cm³/mol. The fourth-order valence-electron chi connectivity index (χ4n) is 1.55. The third kappa shape index (κ3) is 6.70. The second-order valence-electron chi connectivity index (χ2n) is 4.69. The van der Waals surface area contributed by atoms with Crippen LogP contribution in [0.5, 0.6) is 0 Å². The minimum absolute atomic E-state index is 0.182. The number of ether oxygens (including phenoxy) is 1. The summed E-state index contributed by atoms with van der Waals surface area (Å²) in [5.74, 6) is 0.996. The molecule has 0 N–H and O–H groups in total. The highest BCUT2D eigenvalue weighted by Gasteiger charge is 2.04. The van der Waals surface area contributed by atoms with Gasteiger partial charge < -0.3 is 9.15 Å². The van der Waals surface area contributed by atoms with Gasteiger partial charge in [-0.05, 0) is 25.5 Å². The lowest BCUT2D eigenvalue weighted by Crippen LogP contribution is -1.99. The van der Waals surface area contributed by atoms with E-state index in [1.165, 1.54) is 12.5 Å². The van der Waals surface area contributed by atoms with Gasteiger partial charge in [-0.3, -0.25) is 4.79 Å². The first-order chi connectivity index (χ1) is 10.0. The summed E-state index contributed by atoms with van der Waals surface area (Å²) in [5.41, 5.74) is 2.16. The smallest absolute Gasteiger partial charge is 0.302 e. The van der Waals surface area contributed by atoms with E-state index in [-0.39, 0.29) is 5.97 Å². The quantitative estimate of drug-likeness (QED) is 0.634. The molecule has 5 nitrogen and oxygen atoms in total. The Hall–Kier alpha value is -2.17. The largest absolute Gasteiger partial charge is 0.466 e. The van der Waals surface area contributed by atoms with Crippen LogP contribution in [0.1, 0.15) is 38.1 Å². The Morgan fingerprint density at radius 1 is 1.29 bits per heavy atom. The molecule has 0 amide bonds. The molecule has 1 aromatic carbocycles. The van der Waals surface area contributed by atoms with E-state index in [0.717, 1.165) is 18.4 Å². The molecule has 0 radical (unpaired) electrons. The van der Waals surface area contributed by atoms with Crippen LogP contribution >= 0.6 is 0 Å². The van der Waals surface area contributed by atoms with Crippen LogP contribution in [-0.2, 0) is 9.53 Å². The van der Waals surface area contributed by atoms with E-state index in [1.54, 1.807) is 6.92 Å². The Bertz CT molecular complexity index is 564. The summed E-state index contributed by atoms with van der Waals surface area (Å²) >= 11 is 0. The number of hydrogen-bond acceptors (Lipinski definition) is 5. The molecular formula is C16H22N2O3. The van der Waals surface area contributed by atoms with Crippen LogP contribution in [0.3, 0.4) is 0 Å². The van der Waals surface area contributed by atoms with E-state index >= 15 is 0 Å². The van der Waals surface area contributed by atoms with Gasteiger partial charge in [0.1, 0.15) is 0 Å². The van der Waals surface area contributed by atoms with E-state index in [1.807, 2.05) is 31.2 Å². The Morgan fingerprint density at radius 2 is 2.05 bits per heavy atom. The van der Waals surface area contributed by atoms with Crippen molar-refractivity contribution in [3.8, 4) is 11.5 Å². The average molecular weight is 290 g/mol. The topological polar surface area (TPSA) is 65.2 Å². The van der Waals surface area contributed by atoms with Gasteiger partial charge in [0.2, 0.25) is 11.8 Å². The number of hydrogen-bond donors (Lipinski definition) is 0. The number of aromatic nitrogens is 2. The molecule has 0 aliphatic heterocycles. The highest BCUT2D eigenvalue weighted by atomic mass is 16.5. The SMILES string of the molecule is CCCCOC(C)=O.Cc1cccc(-c2nnc(C)o2)c1. The first kappa shape index (κ1) is 16.9. The number of aryl methyl sites for hydroxylation is 2. The third-order valence-corrected chi connectivity index (χ3v) is 2.59. The second kappa shape index (κ2) is 8.89. The van der Waals surface area contributed by atoms with Gasteiger partial charge in [-0.15, -0.1) is 10.2 Å². The van der Waals surface area contributed by atoms with Crippen LogP contribution in [0, 0.1) is 13.8 Å². The number of unbranched alkanes of at least 4 members (excludes halogenated alkanes) is 1. The van der Waals surface area contributed by atoms with Crippen molar-refractivity contribution in [3.63, 3.8) is 0 Å². The zero-order valence-electron chi connectivity index (χ0n) is 13.0. The van der Waals surface area contributed by atoms with Crippen molar-refractivity contribution in [2.75, 3.05) is 6.61 Å². The van der Waals surface area contributed by atoms with Gasteiger partial charge >= 0.3 is 5.97 Å². The Kier molecular flexibility index (Phi) is 7.15. The summed E-state index contributed by atoms with van der Waals surface area (Å²) in [4.78, 5) is 10.1. The van der Waals surface area contributed by atoms with Gasteiger partial charge in [0.05, 0.1) is 6.61 Å². The lowest BCUT2D eigenvalue weighted by atomic mass is 10.1. The molecule has 2 aromatic rings. The lowest BCUT2D eigenvalue weighted by Gasteiger charge is -1.96. The molecule has 0 unspecified atom stereocenters. The maximum Gasteiger partial charge on any atom is 0.302 e. The zero-order chi connectivity index (χ0) is 15.7. The van der Waals surface area contributed by atoms with Crippen molar-refractivity contribution in [1.29, 1.82) is 0 Å². The highest BCUT2D eigenvalue weighted by molar-refractivity contribution is 5.65. The molecule has 21 heavy (non-hydrogen) atoms. The maximum atomic E-state index is 10.1. The standard InChI is InChI=1S/C10H10N2O.C6H12O2/c1-7-4-3-5-9(6-7)10-12-11-8(2)13-10;1-3-4-5-8-6(2)7/h3-6H,1-2H3;3-5H2,1-2H3. The number of carbonyl (C=O) groups excluding carboxylic acids is 1. The van der Waals surface area contributed by atoms with E-state index in [9.17, 15) is 4.79 Å². The molecule has 2 rings (SSSR count). The van der Waals surface area contributed by atoms with Gasteiger partial charge in [-0.2, -0.15) is 0 Å². The predicted octanol–water partition coefficient (Wildman–Crippen LogP) is 3.70. The summed E-state index contributed by atoms with van der Waals surface area (Å²) in [7, 11) is 0. The highest BCUT2D eigenvalue weighted by Crippen LogP contribution is 2.18. The molecule has 0 atom stereocenters. The van der Waals surface area contributed by atoms with Crippen LogP contribution in [0.2, 0.25) is 0 Å². The fraction of sp³-hybridized carbons (Fsp3) is 0.438. The van der Waals surface area contributed by atoms with Crippen LogP contribution < -0.4 is 0 Å². The van der Waals surface area contributed by atoms with E-state index in [2.05, 4.69) is 21.9 Å². The minimum Gasteiger partial charge on any atom is -0.466 e. The van der Waals surface area contributed by atoms with E-state index < -0.39 is 0 Å². The van der Waals surface area contributed by atoms with Gasteiger partial charge in [0.15, 0.2) is 0 Å². The molecule has 0 saturated carbocycles. The number of benzene rings is 1. The van der Waals surface area contributed by atoms with Crippen LogP contribution in [0.4, 0.5) is 0 Å². The van der Waals surface area contributed by atoms with Gasteiger partial charge in [0.25, 0.3) is 0 Å². The summed E-state index contributed by atoms with van der Waals surface area (Å²) in [6.45, 7) is 7.88. The van der Waals surface area contributed by atoms with Crippen molar-refractivity contribution < 1.29 is 13.9 Å². The van der Waals surface area contributed by atoms with Crippen molar-refractivity contribution in [1.82, 2.24) is 10.2 Å². The normalized spacial score (nSPS) is 9.71. The summed E-state index contributed by atoms with van der Waals surface area (Å²) < 4.78 is 9.95. The van der Waals surface area contributed by atoms with E-state index in [4.69, 9.17) is 4.42 Å². The lowest BCUT2D eigenvalue weighted by molar-refractivity contribution is -0.141. The molecule has 0 saturated heterocycles. The van der Waals surface area contributed by atoms with Crippen molar-refractivity contribution in [2.24, 2.45) is 0 Å². The van der Waals surface area contributed by atoms with E-state index in [0.29, 0.717) is 18.4 Å². The Balaban J connectivity index is 0.000000240. The second-order valence-corrected chi connectivity index (χ2v) is 4.69. The zero-order valence-corrected chi connectivity index (χ0v) is 13.0. The van der Waals surface area contributed by atoms with Gasteiger partial charge in [0, 0.05) is 19.4 Å². The molecule has 0 aliphatic carbocycles. The monoisotopic (exact) mass is 290 g/mol.